The van der Waals surface area contributed by atoms with Gasteiger partial charge in [0.25, 0.3) is 5.91 Å². The van der Waals surface area contributed by atoms with E-state index in [1.807, 2.05) is 6.92 Å². The van der Waals surface area contributed by atoms with Gasteiger partial charge in [-0.1, -0.05) is 12.1 Å². The van der Waals surface area contributed by atoms with Crippen LogP contribution in [0.25, 0.3) is 0 Å². The topological polar surface area (TPSA) is 135 Å². The number of nitrogens with zero attached hydrogens (tertiary/aromatic N) is 1. The van der Waals surface area contributed by atoms with Gasteiger partial charge in [-0.15, -0.1) is 17.0 Å². The first kappa shape index (κ1) is 26.8. The minimum absolute atomic E-state index is 0. The van der Waals surface area contributed by atoms with Gasteiger partial charge in [0.05, 0.1) is 25.3 Å². The molecular weight excluding hydrogens is 504 g/mol. The second kappa shape index (κ2) is 12.2. The van der Waals surface area contributed by atoms with Gasteiger partial charge in [0.1, 0.15) is 17.3 Å². The summed E-state index contributed by atoms with van der Waals surface area (Å²) in [5.74, 6) is 0.333. The molecule has 0 fully saturated rings. The molecule has 0 atom stereocenters. The number of fused-ring (bicyclic) bond motifs is 1. The highest BCUT2D eigenvalue weighted by molar-refractivity contribution is 8.93. The van der Waals surface area contributed by atoms with Crippen LogP contribution in [0.15, 0.2) is 36.4 Å². The molecule has 3 rings (SSSR count). The fourth-order valence-electron chi connectivity index (χ4n) is 3.61. The van der Waals surface area contributed by atoms with Crippen LogP contribution in [0, 0.1) is 5.41 Å². The predicted octanol–water partition coefficient (Wildman–Crippen LogP) is 2.69. The van der Waals surface area contributed by atoms with Crippen LogP contribution in [0.2, 0.25) is 0 Å². The van der Waals surface area contributed by atoms with Crippen molar-refractivity contribution in [1.29, 1.82) is 5.41 Å². The molecule has 0 aliphatic carbocycles. The fraction of sp³-hybridized carbons (Fsp3) is 0.333. The van der Waals surface area contributed by atoms with E-state index in [-0.39, 0.29) is 53.4 Å². The summed E-state index contributed by atoms with van der Waals surface area (Å²) < 4.78 is 11.2. The Bertz CT molecular complexity index is 1090. The van der Waals surface area contributed by atoms with E-state index in [2.05, 4.69) is 5.32 Å². The lowest BCUT2D eigenvalue weighted by Crippen LogP contribution is -2.30. The minimum Gasteiger partial charge on any atom is -0.494 e. The number of hydrogen-bond donors (Lipinski definition) is 3. The number of hydrogen-bond acceptors (Lipinski definition) is 6. The van der Waals surface area contributed by atoms with Crippen molar-refractivity contribution >= 4 is 40.4 Å². The van der Waals surface area contributed by atoms with Crippen LogP contribution >= 0.6 is 17.0 Å². The Balaban J connectivity index is 0.00000408. The summed E-state index contributed by atoms with van der Waals surface area (Å²) in [4.78, 5) is 37.7. The Morgan fingerprint density at radius 2 is 1.94 bits per heavy atom. The zero-order valence-electron chi connectivity index (χ0n) is 19.2. The highest BCUT2D eigenvalue weighted by Gasteiger charge is 2.29. The first-order chi connectivity index (χ1) is 15.8. The van der Waals surface area contributed by atoms with Gasteiger partial charge in [-0.2, -0.15) is 0 Å². The summed E-state index contributed by atoms with van der Waals surface area (Å²) in [6, 6.07) is 10.2. The lowest BCUT2D eigenvalue weighted by Gasteiger charge is -2.17. The average Bonchev–Trinajstić information content (AvgIpc) is 3.10. The second-order valence-electron chi connectivity index (χ2n) is 7.59. The normalized spacial score (nSPS) is 11.9. The van der Waals surface area contributed by atoms with Crippen molar-refractivity contribution in [2.75, 3.05) is 26.8 Å². The summed E-state index contributed by atoms with van der Waals surface area (Å²) in [6.07, 6.45) is 0.737. The molecule has 2 amide bonds. The van der Waals surface area contributed by atoms with Crippen LogP contribution in [0.3, 0.4) is 0 Å². The van der Waals surface area contributed by atoms with E-state index < -0.39 is 0 Å². The van der Waals surface area contributed by atoms with Crippen LogP contribution in [0.4, 0.5) is 0 Å². The van der Waals surface area contributed by atoms with Gasteiger partial charge in [-0.3, -0.25) is 19.8 Å². The molecule has 2 aromatic rings. The molecule has 4 N–H and O–H groups in total. The quantitative estimate of drug-likeness (QED) is 0.300. The smallest absolute Gasteiger partial charge is 0.254 e. The van der Waals surface area contributed by atoms with Gasteiger partial charge in [0.15, 0.2) is 5.78 Å². The third kappa shape index (κ3) is 6.34. The maximum absolute atomic E-state index is 12.9. The molecule has 2 aromatic carbocycles. The molecular formula is C24H29BrN4O5. The first-order valence-electron chi connectivity index (χ1n) is 10.7. The molecule has 1 heterocycles. The van der Waals surface area contributed by atoms with Gasteiger partial charge in [-0.25, -0.2) is 0 Å². The van der Waals surface area contributed by atoms with Gasteiger partial charge in [-0.05, 0) is 43.2 Å². The van der Waals surface area contributed by atoms with Crippen LogP contribution in [-0.4, -0.2) is 55.1 Å². The zero-order chi connectivity index (χ0) is 24.0. The standard InChI is InChI=1S/C24H28N4O5.BrH/c1-3-32-21-11-16-13-28(23(26)18(16)12-19(21)24(31)27-2)14-20(29)15-6-4-7-17(10-15)33-9-5-8-22(25)30;/h4,6-7,10-12,26H,3,5,8-9,13-14H2,1-2H3,(H2,25,30)(H,27,31);1H. The molecule has 0 unspecified atom stereocenters. The number of rotatable bonds is 11. The summed E-state index contributed by atoms with van der Waals surface area (Å²) in [6.45, 7) is 2.95. The Kier molecular flexibility index (Phi) is 9.61. The lowest BCUT2D eigenvalue weighted by molar-refractivity contribution is -0.118. The number of amides is 2. The van der Waals surface area contributed by atoms with E-state index >= 15 is 0 Å². The number of ketones is 1. The highest BCUT2D eigenvalue weighted by atomic mass is 79.9. The number of halogens is 1. The first-order valence-corrected chi connectivity index (χ1v) is 10.7. The molecule has 0 saturated carbocycles. The van der Waals surface area contributed by atoms with E-state index in [1.54, 1.807) is 41.3 Å². The SMILES string of the molecule is Br.CCOc1cc2c(cc1C(=O)NC)C(=N)N(CC(=O)c1cccc(OCCCC(N)=O)c1)C2. The Morgan fingerprint density at radius 3 is 2.62 bits per heavy atom. The monoisotopic (exact) mass is 532 g/mol. The van der Waals surface area contributed by atoms with E-state index in [0.29, 0.717) is 54.4 Å². The number of benzene rings is 2. The second-order valence-corrected chi connectivity index (χ2v) is 7.59. The molecule has 0 bridgehead atoms. The van der Waals surface area contributed by atoms with Crippen molar-refractivity contribution in [3.63, 3.8) is 0 Å². The molecule has 10 heteroatoms. The molecule has 9 nitrogen and oxygen atoms in total. The number of nitrogens with two attached hydrogens (primary N) is 1. The van der Waals surface area contributed by atoms with E-state index in [1.165, 1.54) is 7.05 Å². The van der Waals surface area contributed by atoms with Gasteiger partial charge >= 0.3 is 0 Å². The molecule has 1 aliphatic rings. The molecule has 0 aromatic heterocycles. The third-order valence-corrected chi connectivity index (χ3v) is 5.24. The van der Waals surface area contributed by atoms with E-state index in [4.69, 9.17) is 20.6 Å². The summed E-state index contributed by atoms with van der Waals surface area (Å²) in [5, 5.41) is 11.1. The van der Waals surface area contributed by atoms with Crippen LogP contribution in [0.5, 0.6) is 11.5 Å². The predicted molar refractivity (Wildman–Crippen MR) is 133 cm³/mol. The number of ether oxygens (including phenoxy) is 2. The number of carbonyl (C=O) groups is 3. The summed E-state index contributed by atoms with van der Waals surface area (Å²) in [7, 11) is 1.54. The van der Waals surface area contributed by atoms with E-state index in [9.17, 15) is 14.4 Å². The number of nitrogens with one attached hydrogen (secondary N) is 2. The maximum Gasteiger partial charge on any atom is 0.254 e. The van der Waals surface area contributed by atoms with Crippen molar-refractivity contribution in [3.8, 4) is 11.5 Å². The molecule has 182 valence electrons. The van der Waals surface area contributed by atoms with Gasteiger partial charge < -0.3 is 25.4 Å². The summed E-state index contributed by atoms with van der Waals surface area (Å²) in [5.41, 5.74) is 7.38. The van der Waals surface area contributed by atoms with Gasteiger partial charge in [0.2, 0.25) is 5.91 Å². The van der Waals surface area contributed by atoms with Gasteiger partial charge in [0, 0.05) is 31.1 Å². The lowest BCUT2D eigenvalue weighted by atomic mass is 10.0. The average molecular weight is 533 g/mol. The fourth-order valence-corrected chi connectivity index (χ4v) is 3.61. The number of primary amides is 1. The summed E-state index contributed by atoms with van der Waals surface area (Å²) >= 11 is 0. The van der Waals surface area contributed by atoms with Crippen molar-refractivity contribution in [1.82, 2.24) is 10.2 Å². The maximum atomic E-state index is 12.9. The van der Waals surface area contributed by atoms with E-state index in [0.717, 1.165) is 5.56 Å². The molecule has 1 aliphatic heterocycles. The van der Waals surface area contributed by atoms with Crippen LogP contribution in [0.1, 0.15) is 51.6 Å². The number of amidine groups is 1. The molecule has 34 heavy (non-hydrogen) atoms. The highest BCUT2D eigenvalue weighted by Crippen LogP contribution is 2.31. The largest absolute Gasteiger partial charge is 0.494 e. The van der Waals surface area contributed by atoms with Crippen molar-refractivity contribution in [3.05, 3.63) is 58.7 Å². The Hall–Kier alpha value is -3.40. The Labute approximate surface area is 208 Å². The third-order valence-electron chi connectivity index (χ3n) is 5.24. The Morgan fingerprint density at radius 1 is 1.18 bits per heavy atom. The van der Waals surface area contributed by atoms with Crippen molar-refractivity contribution < 1.29 is 23.9 Å². The van der Waals surface area contributed by atoms with Crippen LogP contribution in [-0.2, 0) is 11.3 Å². The van der Waals surface area contributed by atoms with Crippen molar-refractivity contribution in [2.24, 2.45) is 5.73 Å². The molecule has 0 spiro atoms. The molecule has 0 radical (unpaired) electrons. The molecule has 0 saturated heterocycles. The zero-order valence-corrected chi connectivity index (χ0v) is 20.9. The van der Waals surface area contributed by atoms with Crippen LogP contribution < -0.4 is 20.5 Å². The van der Waals surface area contributed by atoms with Crippen molar-refractivity contribution in [2.45, 2.75) is 26.3 Å². The number of carbonyl (C=O) groups excluding carboxylic acids is 3. The minimum atomic E-state index is -0.382. The number of Topliss-reactive ketones (excluding diaryl/α,β-unsaturated/α-hetero) is 1.